The van der Waals surface area contributed by atoms with Crippen LogP contribution in [0.1, 0.15) is 31.9 Å². The second kappa shape index (κ2) is 16.2. The molecule has 0 fully saturated rings. The molecule has 0 bridgehead atoms. The summed E-state index contributed by atoms with van der Waals surface area (Å²) in [6.07, 6.45) is 5.44. The Bertz CT molecular complexity index is 3710. The molecule has 1 aliphatic rings. The van der Waals surface area contributed by atoms with Crippen LogP contribution in [0.5, 0.6) is 11.5 Å². The smallest absolute Gasteiger partial charge is 0.135 e. The van der Waals surface area contributed by atoms with Gasteiger partial charge in [-0.15, -0.1) is 34.8 Å². The predicted molar refractivity (Wildman–Crippen MR) is 267 cm³/mol. The zero-order valence-corrected chi connectivity index (χ0v) is 39.1. The predicted octanol–water partition coefficient (Wildman–Crippen LogP) is 15.3. The number of fused-ring (bicyclic) bond motifs is 12. The molecule has 1 aliphatic heterocycles. The van der Waals surface area contributed by atoms with Crippen LogP contribution in [0.25, 0.3) is 77.4 Å². The fourth-order valence-electron chi connectivity index (χ4n) is 9.59. The van der Waals surface area contributed by atoms with Gasteiger partial charge in [-0.1, -0.05) is 159 Å². The van der Waals surface area contributed by atoms with E-state index in [9.17, 15) is 0 Å². The van der Waals surface area contributed by atoms with Crippen LogP contribution in [0.15, 0.2) is 187 Å². The summed E-state index contributed by atoms with van der Waals surface area (Å²) in [5.74, 6) is 1.92. The molecule has 0 spiro atoms. The maximum atomic E-state index is 6.88. The van der Waals surface area contributed by atoms with Gasteiger partial charge < -0.3 is 23.8 Å². The molecule has 8 aromatic carbocycles. The Kier molecular flexibility index (Phi) is 10.1. The van der Waals surface area contributed by atoms with E-state index in [4.69, 9.17) is 14.7 Å². The number of aryl methyl sites for hydroxylation is 1. The largest absolute Gasteiger partial charge is 0.510 e. The van der Waals surface area contributed by atoms with E-state index in [0.29, 0.717) is 11.5 Å². The average Bonchev–Trinajstić information content (AvgIpc) is 3.85. The quantitative estimate of drug-likeness (QED) is 0.0980. The number of para-hydroxylation sites is 5. The first kappa shape index (κ1) is 41.2. The second-order valence-corrected chi connectivity index (χ2v) is 17.7. The summed E-state index contributed by atoms with van der Waals surface area (Å²) in [5.41, 5.74) is 14.1. The number of pyridine rings is 1. The molecule has 3 aromatic heterocycles. The molecule has 12 rings (SSSR count). The molecular formula is C59H42N5OPt-3. The Morgan fingerprint density at radius 1 is 0.576 bits per heavy atom. The molecule has 0 unspecified atom stereocenters. The van der Waals surface area contributed by atoms with Crippen molar-refractivity contribution in [3.8, 4) is 45.3 Å². The van der Waals surface area contributed by atoms with E-state index in [1.807, 2.05) is 48.7 Å². The first-order valence-electron chi connectivity index (χ1n) is 22.0. The van der Waals surface area contributed by atoms with Gasteiger partial charge in [0, 0.05) is 72.6 Å². The first-order chi connectivity index (χ1) is 31.8. The molecule has 4 heterocycles. The van der Waals surface area contributed by atoms with Crippen molar-refractivity contribution >= 4 is 67.0 Å². The zero-order chi connectivity index (χ0) is 43.8. The van der Waals surface area contributed by atoms with E-state index < -0.39 is 0 Å². The van der Waals surface area contributed by atoms with Crippen LogP contribution < -0.4 is 9.64 Å². The van der Waals surface area contributed by atoms with Gasteiger partial charge in [0.1, 0.15) is 5.82 Å². The van der Waals surface area contributed by atoms with Gasteiger partial charge in [-0.2, -0.15) is 18.2 Å². The Balaban J connectivity index is 0.00000481. The average molecular weight is 1030 g/mol. The van der Waals surface area contributed by atoms with Crippen molar-refractivity contribution in [2.24, 2.45) is 4.99 Å². The molecule has 0 saturated heterocycles. The molecule has 0 N–H and O–H groups in total. The van der Waals surface area contributed by atoms with Gasteiger partial charge in [-0.25, -0.2) is 4.98 Å². The van der Waals surface area contributed by atoms with Gasteiger partial charge in [-0.3, -0.25) is 0 Å². The number of anilines is 2. The van der Waals surface area contributed by atoms with E-state index in [-0.39, 0.29) is 26.5 Å². The van der Waals surface area contributed by atoms with E-state index in [0.717, 1.165) is 89.2 Å². The Morgan fingerprint density at radius 2 is 1.21 bits per heavy atom. The number of benzene rings is 8. The molecule has 66 heavy (non-hydrogen) atoms. The summed E-state index contributed by atoms with van der Waals surface area (Å²) in [7, 11) is 0. The van der Waals surface area contributed by atoms with Crippen molar-refractivity contribution in [1.82, 2.24) is 14.1 Å². The maximum Gasteiger partial charge on any atom is 0.135 e. The third-order valence-electron chi connectivity index (χ3n) is 12.7. The molecule has 7 heteroatoms. The van der Waals surface area contributed by atoms with Crippen LogP contribution in [0.3, 0.4) is 0 Å². The number of hydrogen-bond donors (Lipinski definition) is 0. The summed E-state index contributed by atoms with van der Waals surface area (Å²) >= 11 is 0. The van der Waals surface area contributed by atoms with Crippen LogP contribution in [-0.2, 0) is 26.5 Å². The number of aromatic nitrogens is 3. The number of hydrogen-bond acceptors (Lipinski definition) is 3. The summed E-state index contributed by atoms with van der Waals surface area (Å²) in [5, 5.41) is 4.57. The number of ether oxygens (including phenoxy) is 1. The summed E-state index contributed by atoms with van der Waals surface area (Å²) in [6.45, 7) is 8.83. The maximum absolute atomic E-state index is 6.88. The molecular weight excluding hydrogens is 990 g/mol. The van der Waals surface area contributed by atoms with Crippen LogP contribution >= 0.6 is 0 Å². The van der Waals surface area contributed by atoms with Crippen molar-refractivity contribution in [3.05, 3.63) is 205 Å². The van der Waals surface area contributed by atoms with Crippen LogP contribution in [0.2, 0.25) is 0 Å². The molecule has 0 aliphatic carbocycles. The standard InChI is InChI=1S/C59H42N5O.Pt/c1-38-16-14-27-53-57(38)62(37-61-40-17-6-5-7-18-40)54-35-41(28-30-47(54)43-19-8-9-20-44(43)49-23-15-24-50-46-22-11-13-26-52(46)64(53)58(49)50)65-42-29-31-48-45-21-10-12-25-51(45)63(55(48)36-42)56-34-39(32-33-60-56)59(2,3)4;/h5-34H,1-4H3;/q-3;. The van der Waals surface area contributed by atoms with Gasteiger partial charge >= 0.3 is 0 Å². The monoisotopic (exact) mass is 1030 g/mol. The SMILES string of the molecule is Cc1cccc2c1N([C-]=Nc1ccccc1)c1[c-]c(Oc3[c-]c4c(cc3)c3ccccc3n4-c3cc(C(C)(C)C)ccn3)ccc1-c1ccccc1-c1cccc3c4ccccc4n-2c13.[Pt]. The summed E-state index contributed by atoms with van der Waals surface area (Å²) in [4.78, 5) is 12.0. The van der Waals surface area contributed by atoms with Gasteiger partial charge in [-0.05, 0) is 70.6 Å². The van der Waals surface area contributed by atoms with Crippen LogP contribution in [0, 0.1) is 19.1 Å². The zero-order valence-electron chi connectivity index (χ0n) is 36.8. The van der Waals surface area contributed by atoms with E-state index >= 15 is 0 Å². The second-order valence-electron chi connectivity index (χ2n) is 17.7. The minimum atomic E-state index is -0.0469. The van der Waals surface area contributed by atoms with Gasteiger partial charge in [0.25, 0.3) is 0 Å². The Labute approximate surface area is 398 Å². The van der Waals surface area contributed by atoms with Crippen molar-refractivity contribution < 1.29 is 25.8 Å². The topological polar surface area (TPSA) is 47.6 Å². The van der Waals surface area contributed by atoms with E-state index in [1.165, 1.54) is 16.3 Å². The van der Waals surface area contributed by atoms with Crippen molar-refractivity contribution in [3.63, 3.8) is 0 Å². The Hall–Kier alpha value is -7.53. The summed E-state index contributed by atoms with van der Waals surface area (Å²) in [6, 6.07) is 68.9. The van der Waals surface area contributed by atoms with Gasteiger partial charge in [0.05, 0.1) is 11.0 Å². The Morgan fingerprint density at radius 3 is 2.00 bits per heavy atom. The molecule has 0 amide bonds. The van der Waals surface area contributed by atoms with Crippen LogP contribution in [0.4, 0.5) is 17.1 Å². The number of rotatable bonds is 5. The first-order valence-corrected chi connectivity index (χ1v) is 22.0. The van der Waals surface area contributed by atoms with E-state index in [1.54, 1.807) is 0 Å². The fraction of sp³-hybridized carbons (Fsp3) is 0.0847. The number of aliphatic imine (C=N–C) groups is 1. The third kappa shape index (κ3) is 6.75. The molecule has 6 nitrogen and oxygen atoms in total. The molecule has 0 saturated carbocycles. The van der Waals surface area contributed by atoms with Crippen molar-refractivity contribution in [2.75, 3.05) is 4.90 Å². The van der Waals surface area contributed by atoms with Gasteiger partial charge in [0.15, 0.2) is 0 Å². The fourth-order valence-corrected chi connectivity index (χ4v) is 9.59. The van der Waals surface area contributed by atoms with Crippen molar-refractivity contribution in [1.29, 1.82) is 0 Å². The number of nitrogens with zero attached hydrogens (tertiary/aromatic N) is 5. The third-order valence-corrected chi connectivity index (χ3v) is 12.7. The minimum Gasteiger partial charge on any atom is -0.510 e. The van der Waals surface area contributed by atoms with Crippen LogP contribution in [-0.4, -0.2) is 20.5 Å². The molecule has 11 aromatic rings. The summed E-state index contributed by atoms with van der Waals surface area (Å²) < 4.78 is 11.5. The minimum absolute atomic E-state index is 0. The molecule has 0 atom stereocenters. The van der Waals surface area contributed by atoms with Gasteiger partial charge in [0.2, 0.25) is 0 Å². The normalized spacial score (nSPS) is 12.3. The molecule has 322 valence electrons. The van der Waals surface area contributed by atoms with Crippen molar-refractivity contribution in [2.45, 2.75) is 33.1 Å². The van der Waals surface area contributed by atoms with E-state index in [2.05, 4.69) is 194 Å². The molecule has 0 radical (unpaired) electrons.